The Morgan fingerprint density at radius 1 is 1.15 bits per heavy atom. The summed E-state index contributed by atoms with van der Waals surface area (Å²) >= 11 is -0.152. The highest BCUT2D eigenvalue weighted by Crippen LogP contribution is 2.42. The monoisotopic (exact) mass is 379 g/mol. The molecule has 0 aliphatic carbocycles. The van der Waals surface area contributed by atoms with Crippen LogP contribution in [0.25, 0.3) is 0 Å². The first-order chi connectivity index (χ1) is 12.3. The van der Waals surface area contributed by atoms with Gasteiger partial charge in [-0.2, -0.15) is 13.2 Å². The fraction of sp³-hybridized carbons (Fsp3) is 0.278. The van der Waals surface area contributed by atoms with E-state index in [0.29, 0.717) is 12.1 Å². The maximum atomic E-state index is 12.5. The van der Waals surface area contributed by atoms with Gasteiger partial charge in [0.05, 0.1) is 11.3 Å². The number of hydrogen-bond acceptors (Lipinski definition) is 4. The van der Waals surface area contributed by atoms with Crippen LogP contribution in [-0.4, -0.2) is 18.0 Å². The molecule has 0 bridgehead atoms. The van der Waals surface area contributed by atoms with Crippen molar-refractivity contribution >= 4 is 23.4 Å². The molecule has 0 fully saturated rings. The molecule has 0 aromatic heterocycles. The van der Waals surface area contributed by atoms with Crippen molar-refractivity contribution in [2.45, 2.75) is 29.0 Å². The maximum absolute atomic E-state index is 12.5. The average Bonchev–Trinajstić information content (AvgIpc) is 2.59. The van der Waals surface area contributed by atoms with E-state index in [1.54, 1.807) is 18.2 Å². The van der Waals surface area contributed by atoms with Crippen molar-refractivity contribution in [3.63, 3.8) is 0 Å². The molecule has 4 rings (SSSR count). The minimum absolute atomic E-state index is 0.116. The SMILES string of the molecule is N[C@@H]1CCN2c3c(cccc31)C(=O)N[C@@H]2c1ccc(SC(F)(F)F)cc1. The molecule has 26 heavy (non-hydrogen) atoms. The molecule has 2 aliphatic rings. The molecular formula is C18H16F3N3OS. The van der Waals surface area contributed by atoms with Crippen LogP contribution < -0.4 is 16.0 Å². The molecule has 2 atom stereocenters. The van der Waals surface area contributed by atoms with Gasteiger partial charge in [0.2, 0.25) is 0 Å². The quantitative estimate of drug-likeness (QED) is 0.776. The minimum Gasteiger partial charge on any atom is -0.346 e. The van der Waals surface area contributed by atoms with Crippen molar-refractivity contribution in [2.24, 2.45) is 5.73 Å². The molecule has 0 radical (unpaired) electrons. The van der Waals surface area contributed by atoms with Crippen molar-refractivity contribution in [2.75, 3.05) is 11.4 Å². The molecule has 2 heterocycles. The molecular weight excluding hydrogens is 363 g/mol. The molecule has 0 saturated heterocycles. The Balaban J connectivity index is 1.69. The molecule has 0 unspecified atom stereocenters. The standard InChI is InChI=1S/C18H16F3N3OS/c19-18(20,21)26-11-6-4-10(5-7-11)16-23-17(25)13-3-1-2-12-14(22)8-9-24(16)15(12)13/h1-7,14,16H,8-9,22H2,(H,23,25)/t14-,16+/m1/s1. The predicted octanol–water partition coefficient (Wildman–Crippen LogP) is 3.95. The van der Waals surface area contributed by atoms with E-state index in [9.17, 15) is 18.0 Å². The molecule has 2 aromatic carbocycles. The van der Waals surface area contributed by atoms with Crippen LogP contribution in [0.4, 0.5) is 18.9 Å². The molecule has 136 valence electrons. The number of nitrogens with zero attached hydrogens (tertiary/aromatic N) is 1. The number of halogens is 3. The topological polar surface area (TPSA) is 58.4 Å². The van der Waals surface area contributed by atoms with E-state index in [0.717, 1.165) is 23.2 Å². The summed E-state index contributed by atoms with van der Waals surface area (Å²) in [7, 11) is 0. The zero-order valence-corrected chi connectivity index (χ0v) is 14.4. The second-order valence-electron chi connectivity index (χ2n) is 6.32. The number of amides is 1. The van der Waals surface area contributed by atoms with Crippen LogP contribution >= 0.6 is 11.8 Å². The maximum Gasteiger partial charge on any atom is 0.446 e. The summed E-state index contributed by atoms with van der Waals surface area (Å²) in [5, 5.41) is 2.95. The highest BCUT2D eigenvalue weighted by Gasteiger charge is 2.37. The highest BCUT2D eigenvalue weighted by molar-refractivity contribution is 8.00. The highest BCUT2D eigenvalue weighted by atomic mass is 32.2. The van der Waals surface area contributed by atoms with Gasteiger partial charge in [0.1, 0.15) is 6.17 Å². The summed E-state index contributed by atoms with van der Waals surface area (Å²) in [6.07, 6.45) is 0.318. The van der Waals surface area contributed by atoms with Crippen LogP contribution in [0.15, 0.2) is 47.4 Å². The third-order valence-electron chi connectivity index (χ3n) is 4.69. The van der Waals surface area contributed by atoms with Gasteiger partial charge in [-0.25, -0.2) is 0 Å². The zero-order chi connectivity index (χ0) is 18.5. The Morgan fingerprint density at radius 3 is 2.58 bits per heavy atom. The number of nitrogens with two attached hydrogens (primary N) is 1. The smallest absolute Gasteiger partial charge is 0.346 e. The number of hydrogen-bond donors (Lipinski definition) is 2. The van der Waals surface area contributed by atoms with Gasteiger partial charge in [0.25, 0.3) is 5.91 Å². The predicted molar refractivity (Wildman–Crippen MR) is 93.9 cm³/mol. The molecule has 0 spiro atoms. The van der Waals surface area contributed by atoms with Crippen molar-refractivity contribution in [3.05, 3.63) is 59.2 Å². The molecule has 3 N–H and O–H groups in total. The zero-order valence-electron chi connectivity index (χ0n) is 13.6. The lowest BCUT2D eigenvalue weighted by Gasteiger charge is -2.44. The third kappa shape index (κ3) is 3.03. The van der Waals surface area contributed by atoms with Crippen molar-refractivity contribution < 1.29 is 18.0 Å². The second-order valence-corrected chi connectivity index (χ2v) is 7.46. The summed E-state index contributed by atoms with van der Waals surface area (Å²) in [6.45, 7) is 0.662. The largest absolute Gasteiger partial charge is 0.446 e. The van der Waals surface area contributed by atoms with E-state index in [4.69, 9.17) is 5.73 Å². The summed E-state index contributed by atoms with van der Waals surface area (Å²) in [5.74, 6) is -0.203. The number of carbonyl (C=O) groups is 1. The first kappa shape index (κ1) is 17.2. The Bertz CT molecular complexity index is 854. The van der Waals surface area contributed by atoms with E-state index in [1.165, 1.54) is 12.1 Å². The number of benzene rings is 2. The summed E-state index contributed by atoms with van der Waals surface area (Å²) < 4.78 is 37.5. The number of carbonyl (C=O) groups excluding carboxylic acids is 1. The van der Waals surface area contributed by atoms with E-state index >= 15 is 0 Å². The minimum atomic E-state index is -4.32. The Morgan fingerprint density at radius 2 is 1.88 bits per heavy atom. The number of thioether (sulfide) groups is 1. The number of nitrogens with one attached hydrogen (secondary N) is 1. The second kappa shape index (κ2) is 6.21. The third-order valence-corrected chi connectivity index (χ3v) is 5.43. The van der Waals surface area contributed by atoms with E-state index < -0.39 is 11.7 Å². The first-order valence-corrected chi connectivity index (χ1v) is 8.97. The van der Waals surface area contributed by atoms with E-state index in [-0.39, 0.29) is 28.6 Å². The van der Waals surface area contributed by atoms with E-state index in [1.807, 2.05) is 12.1 Å². The van der Waals surface area contributed by atoms with E-state index in [2.05, 4.69) is 10.2 Å². The summed E-state index contributed by atoms with van der Waals surface area (Å²) in [4.78, 5) is 14.7. The fourth-order valence-corrected chi connectivity index (χ4v) is 4.10. The number of anilines is 1. The number of para-hydroxylation sites is 1. The first-order valence-electron chi connectivity index (χ1n) is 8.15. The lowest BCUT2D eigenvalue weighted by molar-refractivity contribution is -0.0328. The summed E-state index contributed by atoms with van der Waals surface area (Å²) in [5.41, 5.74) is 4.95. The lowest BCUT2D eigenvalue weighted by atomic mass is 9.90. The van der Waals surface area contributed by atoms with Crippen molar-refractivity contribution in [1.29, 1.82) is 0 Å². The van der Waals surface area contributed by atoms with Crippen LogP contribution in [0.2, 0.25) is 0 Å². The Labute approximate surface area is 152 Å². The number of rotatable bonds is 2. The number of alkyl halides is 3. The normalized spacial score (nSPS) is 22.0. The average molecular weight is 379 g/mol. The van der Waals surface area contributed by atoms with Crippen LogP contribution in [0.5, 0.6) is 0 Å². The molecule has 2 aromatic rings. The van der Waals surface area contributed by atoms with Crippen LogP contribution in [-0.2, 0) is 0 Å². The summed E-state index contributed by atoms with van der Waals surface area (Å²) in [6, 6.07) is 11.5. The fourth-order valence-electron chi connectivity index (χ4n) is 3.56. The van der Waals surface area contributed by atoms with Gasteiger partial charge in [0.15, 0.2) is 0 Å². The molecule has 2 aliphatic heterocycles. The van der Waals surface area contributed by atoms with Gasteiger partial charge >= 0.3 is 5.51 Å². The molecule has 4 nitrogen and oxygen atoms in total. The van der Waals surface area contributed by atoms with Gasteiger partial charge in [-0.3, -0.25) is 4.79 Å². The van der Waals surface area contributed by atoms with Crippen molar-refractivity contribution in [3.8, 4) is 0 Å². The Kier molecular flexibility index (Phi) is 4.11. The molecule has 1 amide bonds. The van der Waals surface area contributed by atoms with Crippen LogP contribution in [0, 0.1) is 0 Å². The van der Waals surface area contributed by atoms with Crippen LogP contribution in [0.3, 0.4) is 0 Å². The van der Waals surface area contributed by atoms with Gasteiger partial charge in [-0.05, 0) is 47.5 Å². The van der Waals surface area contributed by atoms with Crippen LogP contribution in [0.1, 0.15) is 40.1 Å². The van der Waals surface area contributed by atoms with Gasteiger partial charge < -0.3 is 16.0 Å². The van der Waals surface area contributed by atoms with Gasteiger partial charge in [-0.15, -0.1) is 0 Å². The lowest BCUT2D eigenvalue weighted by Crippen LogP contribution is -2.49. The van der Waals surface area contributed by atoms with Gasteiger partial charge in [-0.1, -0.05) is 24.3 Å². The Hall–Kier alpha value is -2.19. The van der Waals surface area contributed by atoms with Crippen molar-refractivity contribution in [1.82, 2.24) is 5.32 Å². The van der Waals surface area contributed by atoms with Gasteiger partial charge in [0, 0.05) is 17.5 Å². The molecule has 8 heteroatoms. The molecule has 0 saturated carbocycles.